The molecule has 1 heterocycles. The summed E-state index contributed by atoms with van der Waals surface area (Å²) in [7, 11) is -2.42. The molecule has 0 unspecified atom stereocenters. The number of hydrogen-bond donors (Lipinski definition) is 0. The zero-order valence-corrected chi connectivity index (χ0v) is 20.1. The van der Waals surface area contributed by atoms with Gasteiger partial charge < -0.3 is 9.30 Å². The molecule has 32 heavy (non-hydrogen) atoms. The molecule has 3 aromatic rings. The second kappa shape index (κ2) is 9.83. The van der Waals surface area contributed by atoms with Gasteiger partial charge in [-0.25, -0.2) is 13.4 Å². The molecular weight excluding hydrogens is 426 g/mol. The molecule has 0 bridgehead atoms. The SMILES string of the molecule is CCOC(=O)[C@H](CC(C)C)N(C)S(=O)(=O)c1ccc(Cn2c(C)nc3ccccc32)cc1. The molecule has 0 spiro atoms. The van der Waals surface area contributed by atoms with Crippen LogP contribution in [0.5, 0.6) is 0 Å². The molecule has 0 radical (unpaired) electrons. The molecule has 0 aliphatic carbocycles. The second-order valence-electron chi connectivity index (χ2n) is 8.30. The lowest BCUT2D eigenvalue weighted by Crippen LogP contribution is -2.44. The largest absolute Gasteiger partial charge is 0.465 e. The van der Waals surface area contributed by atoms with Crippen LogP contribution in [0.15, 0.2) is 53.4 Å². The van der Waals surface area contributed by atoms with Crippen molar-refractivity contribution in [1.82, 2.24) is 13.9 Å². The average molecular weight is 458 g/mol. The van der Waals surface area contributed by atoms with Crippen molar-refractivity contribution in [3.8, 4) is 0 Å². The van der Waals surface area contributed by atoms with Crippen molar-refractivity contribution in [1.29, 1.82) is 0 Å². The second-order valence-corrected chi connectivity index (χ2v) is 10.3. The average Bonchev–Trinajstić information content (AvgIpc) is 3.07. The highest BCUT2D eigenvalue weighted by Crippen LogP contribution is 2.23. The fourth-order valence-corrected chi connectivity index (χ4v) is 5.08. The molecule has 172 valence electrons. The molecule has 0 saturated carbocycles. The van der Waals surface area contributed by atoms with Crippen LogP contribution in [0.25, 0.3) is 11.0 Å². The minimum atomic E-state index is -3.86. The lowest BCUT2D eigenvalue weighted by atomic mass is 10.0. The number of likely N-dealkylation sites (N-methyl/N-ethyl adjacent to an activating group) is 1. The number of carbonyl (C=O) groups excluding carboxylic acids is 1. The van der Waals surface area contributed by atoms with Crippen molar-refractivity contribution in [3.63, 3.8) is 0 Å². The van der Waals surface area contributed by atoms with E-state index in [-0.39, 0.29) is 17.4 Å². The van der Waals surface area contributed by atoms with E-state index in [1.165, 1.54) is 7.05 Å². The summed E-state index contributed by atoms with van der Waals surface area (Å²) in [5.74, 6) is 0.512. The molecule has 2 aromatic carbocycles. The Labute approximate surface area is 190 Å². The quantitative estimate of drug-likeness (QED) is 0.454. The maximum Gasteiger partial charge on any atom is 0.324 e. The van der Waals surface area contributed by atoms with Crippen LogP contribution in [0.4, 0.5) is 0 Å². The molecule has 0 amide bonds. The first-order valence-corrected chi connectivity index (χ1v) is 12.2. The Hall–Kier alpha value is -2.71. The predicted octanol–water partition coefficient (Wildman–Crippen LogP) is 3.99. The minimum Gasteiger partial charge on any atom is -0.465 e. The summed E-state index contributed by atoms with van der Waals surface area (Å²) >= 11 is 0. The van der Waals surface area contributed by atoms with Gasteiger partial charge in [0.1, 0.15) is 11.9 Å². The lowest BCUT2D eigenvalue weighted by Gasteiger charge is -2.27. The standard InChI is InChI=1S/C24H31N3O4S/c1-6-31-24(28)23(15-17(2)3)26(5)32(29,30)20-13-11-19(12-14-20)16-27-18(4)25-21-9-7-8-10-22(21)27/h7-14,17,23H,6,15-16H2,1-5H3/t23-/m0/s1. The Bertz CT molecular complexity index is 1180. The van der Waals surface area contributed by atoms with Gasteiger partial charge in [0.15, 0.2) is 0 Å². The fourth-order valence-electron chi connectivity index (χ4n) is 3.76. The molecule has 0 aliphatic rings. The van der Waals surface area contributed by atoms with Gasteiger partial charge in [0, 0.05) is 13.6 Å². The number of para-hydroxylation sites is 2. The van der Waals surface area contributed by atoms with Gasteiger partial charge in [0.2, 0.25) is 10.0 Å². The zero-order chi connectivity index (χ0) is 23.5. The minimum absolute atomic E-state index is 0.137. The van der Waals surface area contributed by atoms with Gasteiger partial charge >= 0.3 is 5.97 Å². The summed E-state index contributed by atoms with van der Waals surface area (Å²) in [6, 6.07) is 13.9. The third kappa shape index (κ3) is 5.02. The highest BCUT2D eigenvalue weighted by atomic mass is 32.2. The monoisotopic (exact) mass is 457 g/mol. The Kier molecular flexibility index (Phi) is 7.36. The number of nitrogens with zero attached hydrogens (tertiary/aromatic N) is 3. The normalized spacial score (nSPS) is 13.1. The van der Waals surface area contributed by atoms with Gasteiger partial charge in [0.25, 0.3) is 0 Å². The van der Waals surface area contributed by atoms with Gasteiger partial charge in [-0.05, 0) is 56.0 Å². The lowest BCUT2D eigenvalue weighted by molar-refractivity contribution is -0.147. The van der Waals surface area contributed by atoms with Gasteiger partial charge in [0.05, 0.1) is 22.5 Å². The molecule has 0 fully saturated rings. The topological polar surface area (TPSA) is 81.5 Å². The van der Waals surface area contributed by atoms with Crippen molar-refractivity contribution in [3.05, 3.63) is 59.9 Å². The van der Waals surface area contributed by atoms with E-state index in [4.69, 9.17) is 4.74 Å². The summed E-state index contributed by atoms with van der Waals surface area (Å²) in [6.07, 6.45) is 0.389. The fraction of sp³-hybridized carbons (Fsp3) is 0.417. The van der Waals surface area contributed by atoms with Crippen LogP contribution >= 0.6 is 0 Å². The van der Waals surface area contributed by atoms with E-state index in [0.717, 1.165) is 26.7 Å². The number of imidazole rings is 1. The van der Waals surface area contributed by atoms with Crippen LogP contribution < -0.4 is 0 Å². The van der Waals surface area contributed by atoms with Crippen molar-refractivity contribution in [2.75, 3.05) is 13.7 Å². The van der Waals surface area contributed by atoms with Gasteiger partial charge in [-0.1, -0.05) is 38.1 Å². The Balaban J connectivity index is 1.84. The summed E-state index contributed by atoms with van der Waals surface area (Å²) in [6.45, 7) is 8.35. The molecule has 3 rings (SSSR count). The molecule has 0 aliphatic heterocycles. The number of aryl methyl sites for hydroxylation is 1. The van der Waals surface area contributed by atoms with E-state index in [2.05, 4.69) is 9.55 Å². The van der Waals surface area contributed by atoms with E-state index >= 15 is 0 Å². The molecule has 8 heteroatoms. The first kappa shape index (κ1) is 23.9. The number of hydrogen-bond acceptors (Lipinski definition) is 5. The third-order valence-electron chi connectivity index (χ3n) is 5.48. The molecule has 1 atom stereocenters. The van der Waals surface area contributed by atoms with Gasteiger partial charge in [-0.2, -0.15) is 4.31 Å². The van der Waals surface area contributed by atoms with Gasteiger partial charge in [-0.3, -0.25) is 4.79 Å². The number of benzene rings is 2. The van der Waals surface area contributed by atoms with Crippen LogP contribution in [0.2, 0.25) is 0 Å². The number of sulfonamides is 1. The number of rotatable bonds is 9. The molecule has 0 N–H and O–H groups in total. The highest BCUT2D eigenvalue weighted by Gasteiger charge is 2.34. The first-order chi connectivity index (χ1) is 15.1. The number of carbonyl (C=O) groups is 1. The number of fused-ring (bicyclic) bond motifs is 1. The third-order valence-corrected chi connectivity index (χ3v) is 7.36. The van der Waals surface area contributed by atoms with E-state index in [1.54, 1.807) is 31.2 Å². The predicted molar refractivity (Wildman–Crippen MR) is 125 cm³/mol. The summed E-state index contributed by atoms with van der Waals surface area (Å²) in [5, 5.41) is 0. The van der Waals surface area contributed by atoms with Crippen LogP contribution in [0.1, 0.15) is 38.6 Å². The molecule has 0 saturated heterocycles. The van der Waals surface area contributed by atoms with E-state index in [9.17, 15) is 13.2 Å². The maximum atomic E-state index is 13.2. The van der Waals surface area contributed by atoms with E-state index in [0.29, 0.717) is 13.0 Å². The summed E-state index contributed by atoms with van der Waals surface area (Å²) in [4.78, 5) is 17.2. The molecular formula is C24H31N3O4S. The Morgan fingerprint density at radius 3 is 2.41 bits per heavy atom. The zero-order valence-electron chi connectivity index (χ0n) is 19.3. The van der Waals surface area contributed by atoms with Crippen molar-refractivity contribution in [2.24, 2.45) is 5.92 Å². The highest BCUT2D eigenvalue weighted by molar-refractivity contribution is 7.89. The molecule has 1 aromatic heterocycles. The van der Waals surface area contributed by atoms with E-state index in [1.807, 2.05) is 45.0 Å². The first-order valence-electron chi connectivity index (χ1n) is 10.8. The maximum absolute atomic E-state index is 13.2. The van der Waals surface area contributed by atoms with Crippen LogP contribution in [-0.4, -0.2) is 47.9 Å². The summed E-state index contributed by atoms with van der Waals surface area (Å²) < 4.78 is 34.8. The van der Waals surface area contributed by atoms with Crippen molar-refractivity contribution >= 4 is 27.0 Å². The smallest absolute Gasteiger partial charge is 0.324 e. The molecule has 7 nitrogen and oxygen atoms in total. The number of aromatic nitrogens is 2. The van der Waals surface area contributed by atoms with Crippen LogP contribution in [0, 0.1) is 12.8 Å². The number of esters is 1. The number of ether oxygens (including phenoxy) is 1. The van der Waals surface area contributed by atoms with Gasteiger partial charge in [-0.15, -0.1) is 0 Å². The Morgan fingerprint density at radius 2 is 1.78 bits per heavy atom. The van der Waals surface area contributed by atoms with Crippen LogP contribution in [-0.2, 0) is 26.1 Å². The van der Waals surface area contributed by atoms with Crippen LogP contribution in [0.3, 0.4) is 0 Å². The van der Waals surface area contributed by atoms with E-state index < -0.39 is 22.0 Å². The Morgan fingerprint density at radius 1 is 1.12 bits per heavy atom. The summed E-state index contributed by atoms with van der Waals surface area (Å²) in [5.41, 5.74) is 2.93. The van der Waals surface area contributed by atoms with Crippen molar-refractivity contribution in [2.45, 2.75) is 51.6 Å². The van der Waals surface area contributed by atoms with Crippen molar-refractivity contribution < 1.29 is 17.9 Å².